The Morgan fingerprint density at radius 2 is 1.82 bits per heavy atom. The van der Waals surface area contributed by atoms with Crippen LogP contribution < -0.4 is 15.0 Å². The van der Waals surface area contributed by atoms with E-state index in [1.807, 2.05) is 36.5 Å². The predicted molar refractivity (Wildman–Crippen MR) is 122 cm³/mol. The van der Waals surface area contributed by atoms with Crippen LogP contribution in [0.3, 0.4) is 0 Å². The minimum atomic E-state index is -0.623. The van der Waals surface area contributed by atoms with Gasteiger partial charge in [0, 0.05) is 54.8 Å². The maximum Gasteiger partial charge on any atom is 0.128 e. The molecule has 8 heteroatoms. The molecule has 2 aliphatic heterocycles. The van der Waals surface area contributed by atoms with E-state index in [1.54, 1.807) is 6.92 Å². The molecule has 2 N–H and O–H groups in total. The summed E-state index contributed by atoms with van der Waals surface area (Å²) in [4.78, 5) is 6.97. The third-order valence-corrected chi connectivity index (χ3v) is 6.60. The quantitative estimate of drug-likeness (QED) is 0.473. The van der Waals surface area contributed by atoms with Crippen LogP contribution in [0.15, 0.2) is 54.7 Å². The van der Waals surface area contributed by atoms with Crippen LogP contribution in [0.2, 0.25) is 0 Å². The van der Waals surface area contributed by atoms with Gasteiger partial charge >= 0.3 is 0 Å². The van der Waals surface area contributed by atoms with Crippen LogP contribution in [-0.4, -0.2) is 41.4 Å². The highest BCUT2D eigenvalue weighted by atomic mass is 19.1. The molecule has 0 radical (unpaired) electrons. The van der Waals surface area contributed by atoms with Crippen molar-refractivity contribution in [2.75, 3.05) is 31.1 Å². The SMILES string of the molecule is C[C@@H](Oc1ccc2[nH]nc(-c3ccc(N4CC5(CNC5)C4)nc3)c2c1)c1cc(F)cc(F)c1. The van der Waals surface area contributed by atoms with Crippen molar-refractivity contribution in [3.8, 4) is 17.0 Å². The second-order valence-corrected chi connectivity index (χ2v) is 9.11. The van der Waals surface area contributed by atoms with Gasteiger partial charge in [-0.3, -0.25) is 5.10 Å². The number of halogens is 2. The van der Waals surface area contributed by atoms with Crippen molar-refractivity contribution in [3.05, 3.63) is 71.9 Å². The molecule has 6 rings (SSSR count). The van der Waals surface area contributed by atoms with Gasteiger partial charge in [0.15, 0.2) is 0 Å². The number of anilines is 1. The Balaban J connectivity index is 1.23. The van der Waals surface area contributed by atoms with Crippen LogP contribution in [0.4, 0.5) is 14.6 Å². The van der Waals surface area contributed by atoms with Gasteiger partial charge in [-0.15, -0.1) is 0 Å². The van der Waals surface area contributed by atoms with E-state index in [1.165, 1.54) is 12.1 Å². The summed E-state index contributed by atoms with van der Waals surface area (Å²) in [6, 6.07) is 13.1. The average molecular weight is 447 g/mol. The Bertz CT molecular complexity index is 1300. The number of benzene rings is 2. The van der Waals surface area contributed by atoms with Gasteiger partial charge in [-0.25, -0.2) is 13.8 Å². The first-order chi connectivity index (χ1) is 16.0. The molecule has 2 aromatic heterocycles. The van der Waals surface area contributed by atoms with E-state index >= 15 is 0 Å². The maximum absolute atomic E-state index is 13.6. The number of nitrogens with zero attached hydrogens (tertiary/aromatic N) is 3. The summed E-state index contributed by atoms with van der Waals surface area (Å²) in [5.74, 6) is 0.326. The van der Waals surface area contributed by atoms with Crippen LogP contribution in [0.1, 0.15) is 18.6 Å². The number of H-pyrrole nitrogens is 1. The van der Waals surface area contributed by atoms with Gasteiger partial charge in [0.2, 0.25) is 0 Å². The van der Waals surface area contributed by atoms with Crippen molar-refractivity contribution < 1.29 is 13.5 Å². The lowest BCUT2D eigenvalue weighted by atomic mass is 9.74. The van der Waals surface area contributed by atoms with E-state index in [4.69, 9.17) is 4.74 Å². The molecular weight excluding hydrogens is 424 g/mol. The van der Waals surface area contributed by atoms with Gasteiger partial charge in [-0.1, -0.05) is 0 Å². The van der Waals surface area contributed by atoms with Crippen LogP contribution >= 0.6 is 0 Å². The molecule has 0 unspecified atom stereocenters. The number of hydrogen-bond donors (Lipinski definition) is 2. The molecule has 2 aromatic carbocycles. The van der Waals surface area contributed by atoms with Crippen LogP contribution in [0.25, 0.3) is 22.2 Å². The molecule has 0 saturated carbocycles. The van der Waals surface area contributed by atoms with E-state index in [9.17, 15) is 8.78 Å². The summed E-state index contributed by atoms with van der Waals surface area (Å²) in [5.41, 5.74) is 3.44. The molecule has 6 nitrogen and oxygen atoms in total. The number of aromatic amines is 1. The van der Waals surface area contributed by atoms with Crippen LogP contribution in [0, 0.1) is 17.0 Å². The fraction of sp³-hybridized carbons (Fsp3) is 0.280. The van der Waals surface area contributed by atoms with Gasteiger partial charge in [0.1, 0.15) is 35.0 Å². The molecular formula is C25H23F2N5O. The monoisotopic (exact) mass is 447 g/mol. The van der Waals surface area contributed by atoms with Gasteiger partial charge in [0.05, 0.1) is 5.52 Å². The van der Waals surface area contributed by atoms with Crippen LogP contribution in [-0.2, 0) is 0 Å². The first-order valence-electron chi connectivity index (χ1n) is 11.0. The number of hydrogen-bond acceptors (Lipinski definition) is 5. The fourth-order valence-corrected chi connectivity index (χ4v) is 4.71. The molecule has 4 heterocycles. The number of pyridine rings is 1. The second kappa shape index (κ2) is 7.52. The zero-order valence-corrected chi connectivity index (χ0v) is 18.1. The molecule has 0 bridgehead atoms. The van der Waals surface area contributed by atoms with Gasteiger partial charge < -0.3 is 15.0 Å². The topological polar surface area (TPSA) is 66.1 Å². The molecule has 1 atom stereocenters. The first-order valence-corrected chi connectivity index (χ1v) is 11.0. The van der Waals surface area contributed by atoms with E-state index in [0.29, 0.717) is 16.7 Å². The molecule has 2 saturated heterocycles. The van der Waals surface area contributed by atoms with Crippen molar-refractivity contribution >= 4 is 16.7 Å². The Labute approximate surface area is 189 Å². The van der Waals surface area contributed by atoms with Crippen molar-refractivity contribution in [3.63, 3.8) is 0 Å². The Morgan fingerprint density at radius 1 is 1.03 bits per heavy atom. The van der Waals surface area contributed by atoms with Crippen LogP contribution in [0.5, 0.6) is 5.75 Å². The van der Waals surface area contributed by atoms with E-state index < -0.39 is 17.7 Å². The highest BCUT2D eigenvalue weighted by Crippen LogP contribution is 2.37. The number of nitrogens with one attached hydrogen (secondary N) is 2. The lowest BCUT2D eigenvalue weighted by Crippen LogP contribution is -2.71. The predicted octanol–water partition coefficient (Wildman–Crippen LogP) is 4.45. The number of fused-ring (bicyclic) bond motifs is 1. The normalized spacial score (nSPS) is 17.6. The van der Waals surface area contributed by atoms with Crippen molar-refractivity contribution in [1.29, 1.82) is 0 Å². The standard InChI is InChI=1S/C25H23F2N5O/c1-15(17-6-18(26)8-19(27)7-17)33-20-3-4-22-21(9-20)24(31-30-22)16-2-5-23(29-10-16)32-13-25(14-32)11-28-12-25/h2-10,15,28H,11-14H2,1H3,(H,30,31)/t15-/m1/s1. The fourth-order valence-electron chi connectivity index (χ4n) is 4.71. The molecule has 33 heavy (non-hydrogen) atoms. The van der Waals surface area contributed by atoms with Gasteiger partial charge in [0.25, 0.3) is 0 Å². The highest BCUT2D eigenvalue weighted by Gasteiger charge is 2.47. The lowest BCUT2D eigenvalue weighted by molar-refractivity contribution is 0.120. The largest absolute Gasteiger partial charge is 0.486 e. The Hall–Kier alpha value is -3.52. The summed E-state index contributed by atoms with van der Waals surface area (Å²) in [6.07, 6.45) is 1.33. The average Bonchev–Trinajstić information content (AvgIpc) is 3.15. The smallest absolute Gasteiger partial charge is 0.128 e. The molecule has 2 aliphatic rings. The zero-order chi connectivity index (χ0) is 22.6. The van der Waals surface area contributed by atoms with Crippen molar-refractivity contribution in [1.82, 2.24) is 20.5 Å². The van der Waals surface area contributed by atoms with E-state index in [2.05, 4.69) is 25.4 Å². The molecule has 4 aromatic rings. The first kappa shape index (κ1) is 20.1. The Kier molecular flexibility index (Phi) is 4.58. The summed E-state index contributed by atoms with van der Waals surface area (Å²) in [5, 5.41) is 11.8. The molecule has 1 spiro atoms. The van der Waals surface area contributed by atoms with Crippen molar-refractivity contribution in [2.45, 2.75) is 13.0 Å². The zero-order valence-electron chi connectivity index (χ0n) is 18.1. The molecule has 0 amide bonds. The molecule has 2 fully saturated rings. The minimum absolute atomic E-state index is 0.435. The summed E-state index contributed by atoms with van der Waals surface area (Å²) in [6.45, 7) is 6.05. The maximum atomic E-state index is 13.6. The molecule has 0 aliphatic carbocycles. The van der Waals surface area contributed by atoms with Gasteiger partial charge in [-0.2, -0.15) is 5.10 Å². The Morgan fingerprint density at radius 3 is 2.48 bits per heavy atom. The number of rotatable bonds is 5. The number of aromatic nitrogens is 3. The van der Waals surface area contributed by atoms with E-state index in [-0.39, 0.29) is 0 Å². The van der Waals surface area contributed by atoms with Gasteiger partial charge in [-0.05, 0) is 55.0 Å². The summed E-state index contributed by atoms with van der Waals surface area (Å²) < 4.78 is 33.1. The summed E-state index contributed by atoms with van der Waals surface area (Å²) in [7, 11) is 0. The highest BCUT2D eigenvalue weighted by molar-refractivity contribution is 5.93. The molecule has 168 valence electrons. The second-order valence-electron chi connectivity index (χ2n) is 9.11. The van der Waals surface area contributed by atoms with Crippen molar-refractivity contribution in [2.24, 2.45) is 5.41 Å². The lowest BCUT2D eigenvalue weighted by Gasteiger charge is -2.56. The summed E-state index contributed by atoms with van der Waals surface area (Å²) >= 11 is 0. The third-order valence-electron chi connectivity index (χ3n) is 6.60. The van der Waals surface area contributed by atoms with E-state index in [0.717, 1.165) is 60.2 Å². The number of ether oxygens (including phenoxy) is 1. The third kappa shape index (κ3) is 3.60. The minimum Gasteiger partial charge on any atom is -0.486 e.